The number of amides is 2. The molecule has 0 aliphatic heterocycles. The van der Waals surface area contributed by atoms with Gasteiger partial charge in [-0.05, 0) is 31.2 Å². The molecule has 1 unspecified atom stereocenters. The minimum absolute atomic E-state index is 0.0394. The number of rotatable bonds is 8. The van der Waals surface area contributed by atoms with Crippen molar-refractivity contribution in [3.63, 3.8) is 0 Å². The summed E-state index contributed by atoms with van der Waals surface area (Å²) >= 11 is 0.972. The summed E-state index contributed by atoms with van der Waals surface area (Å²) < 4.78 is 13.0. The largest absolute Gasteiger partial charge is 0.480 e. The molecule has 120 valence electrons. The number of carbonyl (C=O) groups is 3. The van der Waals surface area contributed by atoms with Gasteiger partial charge in [0.05, 0.1) is 11.0 Å². The zero-order valence-electron chi connectivity index (χ0n) is 12.0. The van der Waals surface area contributed by atoms with Crippen LogP contribution < -0.4 is 10.6 Å². The minimum Gasteiger partial charge on any atom is -0.480 e. The number of hydrogen-bond donors (Lipinski definition) is 2. The standard InChI is InChI=1S/C14H17FN2O4S/c1-9(14(20)21)22-8-13(19)17(7-6-12(16)18)11-4-2-10(15)3-5-11/h2-5,9H,6-8H2,1H3,(H2,16,18)(H,20,21). The van der Waals surface area contributed by atoms with Crippen molar-refractivity contribution in [2.24, 2.45) is 5.73 Å². The van der Waals surface area contributed by atoms with E-state index in [1.165, 1.54) is 36.1 Å². The van der Waals surface area contributed by atoms with E-state index in [1.807, 2.05) is 0 Å². The van der Waals surface area contributed by atoms with Crippen LogP contribution >= 0.6 is 11.8 Å². The maximum Gasteiger partial charge on any atom is 0.316 e. The second-order valence-corrected chi connectivity index (χ2v) is 5.86. The molecular formula is C14H17FN2O4S. The number of halogens is 1. The van der Waals surface area contributed by atoms with Crippen molar-refractivity contribution in [1.82, 2.24) is 0 Å². The molecule has 0 fully saturated rings. The Balaban J connectivity index is 2.80. The normalized spacial score (nSPS) is 11.7. The molecule has 0 aliphatic rings. The SMILES string of the molecule is CC(SCC(=O)N(CCC(N)=O)c1ccc(F)cc1)C(=O)O. The Morgan fingerprint density at radius 3 is 2.41 bits per heavy atom. The van der Waals surface area contributed by atoms with E-state index in [4.69, 9.17) is 10.8 Å². The number of aliphatic carboxylic acids is 1. The third-order valence-corrected chi connectivity index (χ3v) is 3.94. The van der Waals surface area contributed by atoms with Crippen LogP contribution in [0.2, 0.25) is 0 Å². The van der Waals surface area contributed by atoms with E-state index in [1.54, 1.807) is 0 Å². The van der Waals surface area contributed by atoms with Gasteiger partial charge in [0.25, 0.3) is 0 Å². The Bertz CT molecular complexity index is 550. The van der Waals surface area contributed by atoms with Crippen LogP contribution in [0.1, 0.15) is 13.3 Å². The zero-order chi connectivity index (χ0) is 16.7. The number of nitrogens with two attached hydrogens (primary N) is 1. The van der Waals surface area contributed by atoms with Gasteiger partial charge in [0.2, 0.25) is 11.8 Å². The van der Waals surface area contributed by atoms with Crippen LogP contribution in [0.15, 0.2) is 24.3 Å². The summed E-state index contributed by atoms with van der Waals surface area (Å²) in [5, 5.41) is 8.08. The minimum atomic E-state index is -1.01. The lowest BCUT2D eigenvalue weighted by atomic mass is 10.2. The van der Waals surface area contributed by atoms with Crippen LogP contribution in [0.3, 0.4) is 0 Å². The molecule has 1 aromatic rings. The highest BCUT2D eigenvalue weighted by molar-refractivity contribution is 8.01. The zero-order valence-corrected chi connectivity index (χ0v) is 12.8. The van der Waals surface area contributed by atoms with Crippen molar-refractivity contribution in [1.29, 1.82) is 0 Å². The van der Waals surface area contributed by atoms with Gasteiger partial charge in [0, 0.05) is 18.7 Å². The average molecular weight is 328 g/mol. The topological polar surface area (TPSA) is 101 Å². The Hall–Kier alpha value is -2.09. The first-order valence-electron chi connectivity index (χ1n) is 6.50. The summed E-state index contributed by atoms with van der Waals surface area (Å²) in [5.41, 5.74) is 5.51. The summed E-state index contributed by atoms with van der Waals surface area (Å²) in [7, 11) is 0. The van der Waals surface area contributed by atoms with E-state index in [-0.39, 0.29) is 24.6 Å². The highest BCUT2D eigenvalue weighted by atomic mass is 32.2. The van der Waals surface area contributed by atoms with Crippen molar-refractivity contribution in [2.75, 3.05) is 17.2 Å². The summed E-state index contributed by atoms with van der Waals surface area (Å²) in [4.78, 5) is 35.2. The molecule has 22 heavy (non-hydrogen) atoms. The summed E-state index contributed by atoms with van der Waals surface area (Å²) in [6.07, 6.45) is -0.0394. The number of benzene rings is 1. The van der Waals surface area contributed by atoms with Crippen molar-refractivity contribution < 1.29 is 23.9 Å². The molecular weight excluding hydrogens is 311 g/mol. The number of primary amides is 1. The summed E-state index contributed by atoms with van der Waals surface area (Å²) in [6.45, 7) is 1.54. The van der Waals surface area contributed by atoms with Gasteiger partial charge in [0.1, 0.15) is 5.82 Å². The van der Waals surface area contributed by atoms with Crippen LogP contribution in [0.25, 0.3) is 0 Å². The highest BCUT2D eigenvalue weighted by Crippen LogP contribution is 2.18. The molecule has 0 spiro atoms. The summed E-state index contributed by atoms with van der Waals surface area (Å²) in [6, 6.07) is 5.23. The van der Waals surface area contributed by atoms with Gasteiger partial charge in [0.15, 0.2) is 0 Å². The van der Waals surface area contributed by atoms with Gasteiger partial charge >= 0.3 is 5.97 Å². The number of hydrogen-bond acceptors (Lipinski definition) is 4. The molecule has 0 bridgehead atoms. The third kappa shape index (κ3) is 5.72. The number of anilines is 1. The Labute approximate surface area is 131 Å². The van der Waals surface area contributed by atoms with E-state index in [9.17, 15) is 18.8 Å². The van der Waals surface area contributed by atoms with Crippen molar-refractivity contribution >= 4 is 35.2 Å². The lowest BCUT2D eigenvalue weighted by molar-refractivity contribution is -0.136. The number of thioether (sulfide) groups is 1. The van der Waals surface area contributed by atoms with Gasteiger partial charge < -0.3 is 15.7 Å². The Kier molecular flexibility index (Phi) is 6.84. The van der Waals surface area contributed by atoms with Gasteiger partial charge in [-0.25, -0.2) is 4.39 Å². The van der Waals surface area contributed by atoms with Crippen molar-refractivity contribution in [3.8, 4) is 0 Å². The molecule has 6 nitrogen and oxygen atoms in total. The molecule has 0 heterocycles. The average Bonchev–Trinajstić information content (AvgIpc) is 2.46. The van der Waals surface area contributed by atoms with Gasteiger partial charge in [-0.15, -0.1) is 11.8 Å². The molecule has 1 rings (SSSR count). The van der Waals surface area contributed by atoms with Crippen LogP contribution in [-0.4, -0.2) is 40.4 Å². The molecule has 0 saturated heterocycles. The Morgan fingerprint density at radius 2 is 1.91 bits per heavy atom. The summed E-state index contributed by atoms with van der Waals surface area (Å²) in [5.74, 6) is -2.45. The number of carbonyl (C=O) groups excluding carboxylic acids is 2. The molecule has 2 amide bonds. The Morgan fingerprint density at radius 1 is 1.32 bits per heavy atom. The molecule has 8 heteroatoms. The molecule has 1 aromatic carbocycles. The van der Waals surface area contributed by atoms with Crippen molar-refractivity contribution in [2.45, 2.75) is 18.6 Å². The predicted molar refractivity (Wildman–Crippen MR) is 82.1 cm³/mol. The van der Waals surface area contributed by atoms with Gasteiger partial charge in [-0.1, -0.05) is 0 Å². The van der Waals surface area contributed by atoms with E-state index in [2.05, 4.69) is 0 Å². The number of carboxylic acid groups (broad SMARTS) is 1. The van der Waals surface area contributed by atoms with Crippen LogP contribution in [0.4, 0.5) is 10.1 Å². The number of carboxylic acids is 1. The van der Waals surface area contributed by atoms with E-state index >= 15 is 0 Å². The van der Waals surface area contributed by atoms with E-state index in [0.29, 0.717) is 5.69 Å². The van der Waals surface area contributed by atoms with E-state index in [0.717, 1.165) is 11.8 Å². The second kappa shape index (κ2) is 8.38. The number of nitrogens with zero attached hydrogens (tertiary/aromatic N) is 1. The fourth-order valence-electron chi connectivity index (χ4n) is 1.59. The smallest absolute Gasteiger partial charge is 0.316 e. The van der Waals surface area contributed by atoms with Crippen LogP contribution in [0, 0.1) is 5.82 Å². The quantitative estimate of drug-likeness (QED) is 0.748. The maximum absolute atomic E-state index is 13.0. The van der Waals surface area contributed by atoms with Gasteiger partial charge in [-0.2, -0.15) is 0 Å². The van der Waals surface area contributed by atoms with Gasteiger partial charge in [-0.3, -0.25) is 14.4 Å². The fraction of sp³-hybridized carbons (Fsp3) is 0.357. The monoisotopic (exact) mass is 328 g/mol. The lowest BCUT2D eigenvalue weighted by Crippen LogP contribution is -2.36. The van der Waals surface area contributed by atoms with Crippen LogP contribution in [0.5, 0.6) is 0 Å². The second-order valence-electron chi connectivity index (χ2n) is 4.53. The van der Waals surface area contributed by atoms with Crippen molar-refractivity contribution in [3.05, 3.63) is 30.1 Å². The molecule has 0 radical (unpaired) electrons. The highest BCUT2D eigenvalue weighted by Gasteiger charge is 2.19. The fourth-order valence-corrected chi connectivity index (χ4v) is 2.28. The first-order chi connectivity index (χ1) is 10.3. The first kappa shape index (κ1) is 18.0. The third-order valence-electron chi connectivity index (χ3n) is 2.83. The predicted octanol–water partition coefficient (Wildman–Crippen LogP) is 1.24. The molecule has 3 N–H and O–H groups in total. The molecule has 0 aliphatic carbocycles. The maximum atomic E-state index is 13.0. The first-order valence-corrected chi connectivity index (χ1v) is 7.54. The molecule has 0 aromatic heterocycles. The van der Waals surface area contributed by atoms with Crippen LogP contribution in [-0.2, 0) is 14.4 Å². The lowest BCUT2D eigenvalue weighted by Gasteiger charge is -2.22. The van der Waals surface area contributed by atoms with E-state index < -0.39 is 22.9 Å². The molecule has 0 saturated carbocycles. The molecule has 1 atom stereocenters.